The Morgan fingerprint density at radius 1 is 1.33 bits per heavy atom. The van der Waals surface area contributed by atoms with Gasteiger partial charge in [0.25, 0.3) is 0 Å². The van der Waals surface area contributed by atoms with Crippen LogP contribution in [0.2, 0.25) is 0 Å². The Morgan fingerprint density at radius 2 is 2.05 bits per heavy atom. The highest BCUT2D eigenvalue weighted by Gasteiger charge is 2.13. The summed E-state index contributed by atoms with van der Waals surface area (Å²) in [5.74, 6) is 1.54. The first-order valence-electron chi connectivity index (χ1n) is 7.45. The summed E-state index contributed by atoms with van der Waals surface area (Å²) in [6, 6.07) is 2.04. The van der Waals surface area contributed by atoms with Crippen molar-refractivity contribution in [3.05, 3.63) is 24.4 Å². The van der Waals surface area contributed by atoms with Crippen molar-refractivity contribution in [3.8, 4) is 0 Å². The molecule has 0 unspecified atom stereocenters. The fourth-order valence-corrected chi connectivity index (χ4v) is 2.55. The lowest BCUT2D eigenvalue weighted by atomic mass is 10.2. The molecule has 6 heteroatoms. The maximum absolute atomic E-state index is 5.20. The quantitative estimate of drug-likeness (QED) is 0.659. The summed E-state index contributed by atoms with van der Waals surface area (Å²) in [6.45, 7) is 8.38. The lowest BCUT2D eigenvalue weighted by Crippen LogP contribution is -2.30. The maximum Gasteiger partial charge on any atom is 0.231 e. The topological polar surface area (TPSA) is 53.1 Å². The second kappa shape index (κ2) is 7.93. The van der Waals surface area contributed by atoms with Crippen LogP contribution in [-0.2, 0) is 0 Å². The molecule has 114 valence electrons. The Morgan fingerprint density at radius 3 is 2.71 bits per heavy atom. The summed E-state index contributed by atoms with van der Waals surface area (Å²) in [7, 11) is 0. The van der Waals surface area contributed by atoms with Gasteiger partial charge in [-0.2, -0.15) is 4.98 Å². The van der Waals surface area contributed by atoms with E-state index in [0.717, 1.165) is 24.6 Å². The van der Waals surface area contributed by atoms with Crippen LogP contribution in [0, 0.1) is 6.92 Å². The minimum Gasteiger partial charge on any atom is -0.359 e. The average molecular weight is 305 g/mol. The van der Waals surface area contributed by atoms with Gasteiger partial charge in [-0.1, -0.05) is 18.9 Å². The minimum atomic E-state index is 0.516. The molecule has 2 heterocycles. The predicted molar refractivity (Wildman–Crippen MR) is 91.9 cm³/mol. The molecule has 21 heavy (non-hydrogen) atoms. The van der Waals surface area contributed by atoms with E-state index in [9.17, 15) is 0 Å². The molecule has 1 aliphatic heterocycles. The van der Waals surface area contributed by atoms with Crippen molar-refractivity contribution in [3.63, 3.8) is 0 Å². The summed E-state index contributed by atoms with van der Waals surface area (Å²) in [5, 5.41) is 6.57. The zero-order chi connectivity index (χ0) is 15.1. The molecule has 2 N–H and O–H groups in total. The van der Waals surface area contributed by atoms with Gasteiger partial charge in [0.2, 0.25) is 5.95 Å². The number of hydrogen-bond donors (Lipinski definition) is 2. The molecule has 1 fully saturated rings. The number of rotatable bonds is 4. The van der Waals surface area contributed by atoms with Crippen molar-refractivity contribution in [1.29, 1.82) is 0 Å². The Balaban J connectivity index is 2.08. The predicted octanol–water partition coefficient (Wildman–Crippen LogP) is 2.64. The van der Waals surface area contributed by atoms with E-state index in [4.69, 9.17) is 12.2 Å². The number of hydrogen-bond acceptors (Lipinski definition) is 4. The van der Waals surface area contributed by atoms with Crippen LogP contribution in [0.3, 0.4) is 0 Å². The number of nitrogens with one attached hydrogen (secondary N) is 2. The number of aryl methyl sites for hydroxylation is 1. The summed E-state index contributed by atoms with van der Waals surface area (Å²) in [6.07, 6.45) is 6.83. The Bertz CT molecular complexity index is 495. The van der Waals surface area contributed by atoms with Gasteiger partial charge in [0.15, 0.2) is 5.11 Å². The molecule has 0 amide bonds. The third-order valence-corrected chi connectivity index (χ3v) is 3.65. The van der Waals surface area contributed by atoms with Crippen LogP contribution in [0.1, 0.15) is 31.4 Å². The van der Waals surface area contributed by atoms with Crippen molar-refractivity contribution in [2.45, 2.75) is 32.6 Å². The Kier molecular flexibility index (Phi) is 5.92. The first-order valence-corrected chi connectivity index (χ1v) is 7.86. The normalized spacial score (nSPS) is 15.2. The van der Waals surface area contributed by atoms with E-state index in [1.807, 2.05) is 13.0 Å². The summed E-state index contributed by atoms with van der Waals surface area (Å²) < 4.78 is 0. The summed E-state index contributed by atoms with van der Waals surface area (Å²) >= 11 is 5.20. The highest BCUT2D eigenvalue weighted by molar-refractivity contribution is 7.80. The van der Waals surface area contributed by atoms with Gasteiger partial charge in [-0.05, 0) is 32.0 Å². The second-order valence-corrected chi connectivity index (χ2v) is 5.62. The minimum absolute atomic E-state index is 0.516. The zero-order valence-electron chi connectivity index (χ0n) is 12.6. The van der Waals surface area contributed by atoms with Crippen LogP contribution in [0.25, 0.3) is 0 Å². The van der Waals surface area contributed by atoms with Crippen molar-refractivity contribution in [2.24, 2.45) is 0 Å². The largest absolute Gasteiger partial charge is 0.359 e. The van der Waals surface area contributed by atoms with E-state index in [1.54, 1.807) is 6.08 Å². The fourth-order valence-electron chi connectivity index (χ4n) is 2.38. The molecule has 1 aliphatic rings. The third kappa shape index (κ3) is 4.97. The van der Waals surface area contributed by atoms with Crippen molar-refractivity contribution in [2.75, 3.05) is 29.9 Å². The maximum atomic E-state index is 5.20. The van der Waals surface area contributed by atoms with E-state index in [2.05, 4.69) is 32.1 Å². The third-order valence-electron chi connectivity index (χ3n) is 3.40. The molecule has 0 aromatic carbocycles. The molecule has 1 saturated heterocycles. The monoisotopic (exact) mass is 305 g/mol. The van der Waals surface area contributed by atoms with Gasteiger partial charge in [0.1, 0.15) is 5.82 Å². The van der Waals surface area contributed by atoms with E-state index in [1.165, 1.54) is 25.7 Å². The van der Waals surface area contributed by atoms with E-state index in [-0.39, 0.29) is 0 Å². The lowest BCUT2D eigenvalue weighted by Gasteiger charge is -2.22. The van der Waals surface area contributed by atoms with Gasteiger partial charge < -0.3 is 15.5 Å². The standard InChI is InChI=1S/C15H23N5S/c1-3-8-16-15(21)19-14-17-12(2)11-13(18-14)20-9-6-4-5-7-10-20/h3,11H,1,4-10H2,2H3,(H2,16,17,18,19,21). The SMILES string of the molecule is C=CCNC(=S)Nc1nc(C)cc(N2CCCCCC2)n1. The molecule has 0 saturated carbocycles. The second-order valence-electron chi connectivity index (χ2n) is 5.22. The van der Waals surface area contributed by atoms with E-state index in [0.29, 0.717) is 17.6 Å². The summed E-state index contributed by atoms with van der Waals surface area (Å²) in [5.41, 5.74) is 0.943. The van der Waals surface area contributed by atoms with Crippen molar-refractivity contribution >= 4 is 29.1 Å². The average Bonchev–Trinajstić information content (AvgIpc) is 2.73. The van der Waals surface area contributed by atoms with Gasteiger partial charge in [0.05, 0.1) is 0 Å². The van der Waals surface area contributed by atoms with E-state index >= 15 is 0 Å². The fraction of sp³-hybridized carbons (Fsp3) is 0.533. The number of anilines is 2. The molecule has 0 atom stereocenters. The van der Waals surface area contributed by atoms with E-state index < -0.39 is 0 Å². The highest BCUT2D eigenvalue weighted by atomic mass is 32.1. The molecule has 0 radical (unpaired) electrons. The smallest absolute Gasteiger partial charge is 0.231 e. The lowest BCUT2D eigenvalue weighted by molar-refractivity contribution is 0.726. The molecule has 5 nitrogen and oxygen atoms in total. The van der Waals surface area contributed by atoms with Gasteiger partial charge in [-0.15, -0.1) is 6.58 Å². The van der Waals surface area contributed by atoms with Crippen LogP contribution in [0.15, 0.2) is 18.7 Å². The molecule has 0 bridgehead atoms. The highest BCUT2D eigenvalue weighted by Crippen LogP contribution is 2.19. The van der Waals surface area contributed by atoms with Gasteiger partial charge in [-0.3, -0.25) is 0 Å². The molecule has 1 aromatic heterocycles. The molecule has 1 aromatic rings. The Hall–Kier alpha value is -1.69. The van der Waals surface area contributed by atoms with Crippen LogP contribution in [0.5, 0.6) is 0 Å². The molecule has 2 rings (SSSR count). The van der Waals surface area contributed by atoms with Gasteiger partial charge in [0, 0.05) is 31.4 Å². The van der Waals surface area contributed by atoms with Crippen LogP contribution < -0.4 is 15.5 Å². The zero-order valence-corrected chi connectivity index (χ0v) is 13.4. The van der Waals surface area contributed by atoms with Crippen LogP contribution in [0.4, 0.5) is 11.8 Å². The molecular formula is C15H23N5S. The van der Waals surface area contributed by atoms with Crippen LogP contribution in [-0.4, -0.2) is 34.7 Å². The number of thiocarbonyl (C=S) groups is 1. The molecule has 0 aliphatic carbocycles. The summed E-state index contributed by atoms with van der Waals surface area (Å²) in [4.78, 5) is 11.3. The number of aromatic nitrogens is 2. The Labute approximate surface area is 131 Å². The molecular weight excluding hydrogens is 282 g/mol. The van der Waals surface area contributed by atoms with Crippen molar-refractivity contribution in [1.82, 2.24) is 15.3 Å². The van der Waals surface area contributed by atoms with Crippen molar-refractivity contribution < 1.29 is 0 Å². The molecule has 0 spiro atoms. The number of nitrogens with zero attached hydrogens (tertiary/aromatic N) is 3. The van der Waals surface area contributed by atoms with Gasteiger partial charge in [-0.25, -0.2) is 4.98 Å². The first kappa shape index (κ1) is 15.7. The van der Waals surface area contributed by atoms with Gasteiger partial charge >= 0.3 is 0 Å². The first-order chi connectivity index (χ1) is 10.2. The van der Waals surface area contributed by atoms with Crippen LogP contribution >= 0.6 is 12.2 Å².